The molecule has 3 nitrogen and oxygen atoms in total. The lowest BCUT2D eigenvalue weighted by Crippen LogP contribution is -2.39. The molecule has 3 atom stereocenters. The zero-order valence-electron chi connectivity index (χ0n) is 9.71. The molecular weight excluding hydrogens is 190 g/mol. The van der Waals surface area contributed by atoms with Gasteiger partial charge in [0, 0.05) is 26.3 Å². The van der Waals surface area contributed by atoms with Gasteiger partial charge in [-0.25, -0.2) is 0 Å². The van der Waals surface area contributed by atoms with Gasteiger partial charge in [-0.05, 0) is 38.0 Å². The Morgan fingerprint density at radius 2 is 2.27 bits per heavy atom. The molecule has 88 valence electrons. The molecule has 0 spiro atoms. The SMILES string of the molecule is COC1CCCC(NCC2CCOC2)C1. The molecule has 2 aliphatic rings. The van der Waals surface area contributed by atoms with Gasteiger partial charge in [-0.3, -0.25) is 0 Å². The Kier molecular flexibility index (Phi) is 4.42. The Hall–Kier alpha value is -0.120. The normalized spacial score (nSPS) is 37.0. The van der Waals surface area contributed by atoms with Gasteiger partial charge in [-0.2, -0.15) is 0 Å². The Labute approximate surface area is 92.5 Å². The molecule has 1 N–H and O–H groups in total. The Balaban J connectivity index is 1.65. The van der Waals surface area contributed by atoms with Gasteiger partial charge in [0.25, 0.3) is 0 Å². The molecule has 1 aliphatic heterocycles. The Morgan fingerprint density at radius 1 is 1.33 bits per heavy atom. The minimum atomic E-state index is 0.482. The van der Waals surface area contributed by atoms with Gasteiger partial charge in [0.1, 0.15) is 0 Å². The lowest BCUT2D eigenvalue weighted by Gasteiger charge is -2.29. The van der Waals surface area contributed by atoms with Gasteiger partial charge >= 0.3 is 0 Å². The van der Waals surface area contributed by atoms with E-state index >= 15 is 0 Å². The van der Waals surface area contributed by atoms with E-state index in [0.717, 1.165) is 25.7 Å². The lowest BCUT2D eigenvalue weighted by atomic mass is 9.92. The molecule has 1 saturated carbocycles. The van der Waals surface area contributed by atoms with Crippen molar-refractivity contribution >= 4 is 0 Å². The van der Waals surface area contributed by atoms with Crippen LogP contribution >= 0.6 is 0 Å². The maximum Gasteiger partial charge on any atom is 0.0586 e. The molecule has 2 fully saturated rings. The molecule has 3 unspecified atom stereocenters. The summed E-state index contributed by atoms with van der Waals surface area (Å²) in [5.74, 6) is 0.743. The summed E-state index contributed by atoms with van der Waals surface area (Å²) in [6.07, 6.45) is 6.75. The number of methoxy groups -OCH3 is 1. The lowest BCUT2D eigenvalue weighted by molar-refractivity contribution is 0.0581. The van der Waals surface area contributed by atoms with Crippen molar-refractivity contribution in [2.75, 3.05) is 26.9 Å². The fourth-order valence-corrected chi connectivity index (χ4v) is 2.62. The summed E-state index contributed by atoms with van der Waals surface area (Å²) >= 11 is 0. The van der Waals surface area contributed by atoms with Gasteiger partial charge in [-0.1, -0.05) is 0 Å². The molecule has 0 aromatic rings. The molecule has 3 heteroatoms. The highest BCUT2D eigenvalue weighted by Crippen LogP contribution is 2.21. The van der Waals surface area contributed by atoms with Crippen molar-refractivity contribution < 1.29 is 9.47 Å². The molecular formula is C12H23NO2. The van der Waals surface area contributed by atoms with Crippen molar-refractivity contribution in [1.29, 1.82) is 0 Å². The van der Waals surface area contributed by atoms with E-state index in [0.29, 0.717) is 12.1 Å². The van der Waals surface area contributed by atoms with Crippen LogP contribution in [0.15, 0.2) is 0 Å². The smallest absolute Gasteiger partial charge is 0.0586 e. The summed E-state index contributed by atoms with van der Waals surface area (Å²) in [7, 11) is 1.83. The molecule has 0 aromatic carbocycles. The topological polar surface area (TPSA) is 30.5 Å². The first-order valence-corrected chi connectivity index (χ1v) is 6.22. The second kappa shape index (κ2) is 5.83. The van der Waals surface area contributed by atoms with Gasteiger partial charge in [0.2, 0.25) is 0 Å². The molecule has 0 bridgehead atoms. The van der Waals surface area contributed by atoms with E-state index in [9.17, 15) is 0 Å². The van der Waals surface area contributed by atoms with E-state index in [-0.39, 0.29) is 0 Å². The van der Waals surface area contributed by atoms with Crippen LogP contribution in [-0.4, -0.2) is 39.0 Å². The maximum absolute atomic E-state index is 5.43. The quantitative estimate of drug-likeness (QED) is 0.769. The summed E-state index contributed by atoms with van der Waals surface area (Å²) in [6.45, 7) is 3.03. The van der Waals surface area contributed by atoms with Gasteiger partial charge in [0.05, 0.1) is 12.7 Å². The zero-order chi connectivity index (χ0) is 10.5. The predicted molar refractivity (Wildman–Crippen MR) is 60.0 cm³/mol. The minimum Gasteiger partial charge on any atom is -0.381 e. The van der Waals surface area contributed by atoms with Crippen LogP contribution in [0.25, 0.3) is 0 Å². The molecule has 15 heavy (non-hydrogen) atoms. The third-order valence-electron chi connectivity index (χ3n) is 3.68. The van der Waals surface area contributed by atoms with Crippen LogP contribution < -0.4 is 5.32 Å². The predicted octanol–water partition coefficient (Wildman–Crippen LogP) is 1.57. The Morgan fingerprint density at radius 3 is 3.00 bits per heavy atom. The number of hydrogen-bond acceptors (Lipinski definition) is 3. The third-order valence-corrected chi connectivity index (χ3v) is 3.68. The monoisotopic (exact) mass is 213 g/mol. The van der Waals surface area contributed by atoms with E-state index in [1.807, 2.05) is 7.11 Å². The molecule has 2 rings (SSSR count). The Bertz CT molecular complexity index is 180. The average Bonchev–Trinajstić information content (AvgIpc) is 2.79. The van der Waals surface area contributed by atoms with Crippen molar-refractivity contribution in [2.45, 2.75) is 44.2 Å². The van der Waals surface area contributed by atoms with Crippen LogP contribution in [0.2, 0.25) is 0 Å². The highest BCUT2D eigenvalue weighted by atomic mass is 16.5. The first kappa shape index (κ1) is 11.4. The zero-order valence-corrected chi connectivity index (χ0v) is 9.71. The van der Waals surface area contributed by atoms with Gasteiger partial charge in [0.15, 0.2) is 0 Å². The van der Waals surface area contributed by atoms with Crippen LogP contribution in [0.1, 0.15) is 32.1 Å². The molecule has 1 heterocycles. The van der Waals surface area contributed by atoms with Crippen molar-refractivity contribution in [3.63, 3.8) is 0 Å². The van der Waals surface area contributed by atoms with E-state index in [2.05, 4.69) is 5.32 Å². The highest BCUT2D eigenvalue weighted by molar-refractivity contribution is 4.79. The van der Waals surface area contributed by atoms with Gasteiger partial charge in [-0.15, -0.1) is 0 Å². The standard InChI is InChI=1S/C12H23NO2/c1-14-12-4-2-3-11(7-12)13-8-10-5-6-15-9-10/h10-13H,2-9H2,1H3. The highest BCUT2D eigenvalue weighted by Gasteiger charge is 2.23. The van der Waals surface area contributed by atoms with Crippen molar-refractivity contribution in [2.24, 2.45) is 5.92 Å². The van der Waals surface area contributed by atoms with Crippen molar-refractivity contribution in [1.82, 2.24) is 5.32 Å². The van der Waals surface area contributed by atoms with Crippen LogP contribution in [0.3, 0.4) is 0 Å². The van der Waals surface area contributed by atoms with E-state index in [1.165, 1.54) is 32.1 Å². The second-order valence-corrected chi connectivity index (χ2v) is 4.86. The first-order chi connectivity index (χ1) is 7.38. The summed E-state index contributed by atoms with van der Waals surface area (Å²) < 4.78 is 10.8. The molecule has 0 amide bonds. The molecule has 0 radical (unpaired) electrons. The summed E-state index contributed by atoms with van der Waals surface area (Å²) in [5, 5.41) is 3.67. The van der Waals surface area contributed by atoms with Crippen molar-refractivity contribution in [3.8, 4) is 0 Å². The van der Waals surface area contributed by atoms with Crippen LogP contribution in [-0.2, 0) is 9.47 Å². The van der Waals surface area contributed by atoms with Crippen LogP contribution in [0, 0.1) is 5.92 Å². The number of nitrogens with one attached hydrogen (secondary N) is 1. The van der Waals surface area contributed by atoms with E-state index in [4.69, 9.17) is 9.47 Å². The van der Waals surface area contributed by atoms with E-state index < -0.39 is 0 Å². The van der Waals surface area contributed by atoms with Gasteiger partial charge < -0.3 is 14.8 Å². The van der Waals surface area contributed by atoms with Crippen LogP contribution in [0.5, 0.6) is 0 Å². The average molecular weight is 213 g/mol. The van der Waals surface area contributed by atoms with E-state index in [1.54, 1.807) is 0 Å². The van der Waals surface area contributed by atoms with Crippen LogP contribution in [0.4, 0.5) is 0 Å². The molecule has 0 aromatic heterocycles. The number of rotatable bonds is 4. The third kappa shape index (κ3) is 3.44. The number of ether oxygens (including phenoxy) is 2. The fraction of sp³-hybridized carbons (Fsp3) is 1.00. The summed E-state index contributed by atoms with van der Waals surface area (Å²) in [4.78, 5) is 0. The largest absolute Gasteiger partial charge is 0.381 e. The maximum atomic E-state index is 5.43. The minimum absolute atomic E-state index is 0.482. The first-order valence-electron chi connectivity index (χ1n) is 6.22. The second-order valence-electron chi connectivity index (χ2n) is 4.86. The fourth-order valence-electron chi connectivity index (χ4n) is 2.62. The summed E-state index contributed by atoms with van der Waals surface area (Å²) in [5.41, 5.74) is 0. The number of hydrogen-bond donors (Lipinski definition) is 1. The summed E-state index contributed by atoms with van der Waals surface area (Å²) in [6, 6.07) is 0.671. The van der Waals surface area contributed by atoms with Crippen molar-refractivity contribution in [3.05, 3.63) is 0 Å². The molecule has 1 saturated heterocycles. The molecule has 1 aliphatic carbocycles.